The minimum atomic E-state index is -0.321. The number of ether oxygens (including phenoxy) is 3. The molecular formula is C33H52N2O4. The molecule has 39 heavy (non-hydrogen) atoms. The average molecular weight is 541 g/mol. The molecule has 11 atom stereocenters. The third kappa shape index (κ3) is 4.08. The van der Waals surface area contributed by atoms with Crippen LogP contribution in [0.1, 0.15) is 85.5 Å². The van der Waals surface area contributed by atoms with Crippen molar-refractivity contribution in [2.45, 2.75) is 103 Å². The Balaban J connectivity index is 1.04. The summed E-state index contributed by atoms with van der Waals surface area (Å²) >= 11 is 0. The summed E-state index contributed by atoms with van der Waals surface area (Å²) in [5, 5.41) is 0. The molecule has 0 N–H and O–H groups in total. The van der Waals surface area contributed by atoms with E-state index in [1.165, 1.54) is 32.1 Å². The zero-order valence-corrected chi connectivity index (χ0v) is 25.1. The third-order valence-electron chi connectivity index (χ3n) is 13.4. The Morgan fingerprint density at radius 2 is 1.82 bits per heavy atom. The molecule has 7 rings (SSSR count). The number of fused-ring (bicyclic) bond motifs is 7. The first kappa shape index (κ1) is 26.8. The number of carbonyl (C=O) groups is 1. The second-order valence-corrected chi connectivity index (χ2v) is 15.3. The number of piperazine rings is 1. The van der Waals surface area contributed by atoms with E-state index in [9.17, 15) is 4.79 Å². The summed E-state index contributed by atoms with van der Waals surface area (Å²) in [5.41, 5.74) is 2.20. The standard InChI is InChI=1S/C33H52N2O4/c1-21-8-13-33(37-20-21)22(2)29-28(39-33)19-27-25-7-6-23-18-24(38-30(36)35-16-14-34(5)15-17-35)9-11-31(23,3)26(25)10-12-32(27,29)4/h6,21-22,24-29H,7-20H2,1-5H3/t21-,22+,24+,25-,26+,27+,28+,29+,31+,32+,33-/m1/s1. The number of amides is 1. The van der Waals surface area contributed by atoms with E-state index in [-0.39, 0.29) is 23.4 Å². The molecule has 6 fully saturated rings. The molecule has 3 saturated heterocycles. The minimum Gasteiger partial charge on any atom is -0.446 e. The Hall–Kier alpha value is -1.11. The molecule has 1 spiro atoms. The summed E-state index contributed by atoms with van der Waals surface area (Å²) in [6.07, 6.45) is 13.4. The Kier molecular flexibility index (Phi) is 6.49. The van der Waals surface area contributed by atoms with Crippen LogP contribution in [-0.2, 0) is 14.2 Å². The normalized spacial score (nSPS) is 51.5. The predicted molar refractivity (Wildman–Crippen MR) is 151 cm³/mol. The predicted octanol–water partition coefficient (Wildman–Crippen LogP) is 6.11. The lowest BCUT2D eigenvalue weighted by molar-refractivity contribution is -0.272. The van der Waals surface area contributed by atoms with Crippen LogP contribution in [0, 0.1) is 46.3 Å². The van der Waals surface area contributed by atoms with Crippen LogP contribution in [0.25, 0.3) is 0 Å². The molecule has 0 radical (unpaired) electrons. The summed E-state index contributed by atoms with van der Waals surface area (Å²) in [7, 11) is 2.12. The number of nitrogens with zero attached hydrogens (tertiary/aromatic N) is 2. The Bertz CT molecular complexity index is 998. The molecule has 218 valence electrons. The average Bonchev–Trinajstić information content (AvgIpc) is 3.36. The zero-order chi connectivity index (χ0) is 27.2. The lowest BCUT2D eigenvalue weighted by atomic mass is 9.47. The molecule has 3 aliphatic heterocycles. The molecule has 0 unspecified atom stereocenters. The summed E-state index contributed by atoms with van der Waals surface area (Å²) in [6.45, 7) is 14.2. The van der Waals surface area contributed by atoms with Gasteiger partial charge in [0.05, 0.1) is 12.7 Å². The van der Waals surface area contributed by atoms with Gasteiger partial charge in [-0.2, -0.15) is 0 Å². The maximum Gasteiger partial charge on any atom is 0.410 e. The molecule has 1 amide bonds. The smallest absolute Gasteiger partial charge is 0.410 e. The van der Waals surface area contributed by atoms with E-state index in [0.29, 0.717) is 29.3 Å². The monoisotopic (exact) mass is 540 g/mol. The topological polar surface area (TPSA) is 51.2 Å². The molecule has 6 nitrogen and oxygen atoms in total. The largest absolute Gasteiger partial charge is 0.446 e. The Morgan fingerprint density at radius 1 is 1.03 bits per heavy atom. The van der Waals surface area contributed by atoms with Gasteiger partial charge in [0, 0.05) is 44.9 Å². The van der Waals surface area contributed by atoms with Crippen LogP contribution in [0.2, 0.25) is 0 Å². The fourth-order valence-electron chi connectivity index (χ4n) is 11.0. The van der Waals surface area contributed by atoms with Crippen LogP contribution in [0.3, 0.4) is 0 Å². The molecule has 0 aromatic carbocycles. The van der Waals surface area contributed by atoms with Crippen LogP contribution in [0.15, 0.2) is 11.6 Å². The van der Waals surface area contributed by atoms with Gasteiger partial charge >= 0.3 is 6.09 Å². The van der Waals surface area contributed by atoms with Crippen LogP contribution < -0.4 is 0 Å². The van der Waals surface area contributed by atoms with Crippen molar-refractivity contribution in [2.24, 2.45) is 46.3 Å². The highest BCUT2D eigenvalue weighted by molar-refractivity contribution is 5.68. The van der Waals surface area contributed by atoms with Crippen LogP contribution in [-0.4, -0.2) is 73.7 Å². The third-order valence-corrected chi connectivity index (χ3v) is 13.4. The van der Waals surface area contributed by atoms with E-state index < -0.39 is 0 Å². The SMILES string of the molecule is C[C@@H]1CC[C@@]2(OC1)O[C@H]1C[C@H]3[C@@H]4CC=C5C[C@@H](OC(=O)N6CCN(C)CC6)CC[C@]5(C)[C@H]4CC[C@]3(C)[C@H]1[C@@H]2C. The van der Waals surface area contributed by atoms with Crippen molar-refractivity contribution in [3.63, 3.8) is 0 Å². The van der Waals surface area contributed by atoms with E-state index in [4.69, 9.17) is 14.2 Å². The Morgan fingerprint density at radius 3 is 2.56 bits per heavy atom. The van der Waals surface area contributed by atoms with Gasteiger partial charge < -0.3 is 24.0 Å². The molecule has 0 bridgehead atoms. The maximum absolute atomic E-state index is 12.9. The number of likely N-dealkylation sites (N-methyl/N-ethyl adjacent to an activating group) is 1. The van der Waals surface area contributed by atoms with Gasteiger partial charge in [-0.25, -0.2) is 4.79 Å². The molecule has 0 aromatic heterocycles. The molecular weight excluding hydrogens is 488 g/mol. The second kappa shape index (κ2) is 9.46. The van der Waals surface area contributed by atoms with Gasteiger partial charge in [0.25, 0.3) is 0 Å². The van der Waals surface area contributed by atoms with Crippen molar-refractivity contribution >= 4 is 6.09 Å². The van der Waals surface area contributed by atoms with E-state index in [2.05, 4.69) is 45.7 Å². The molecule has 3 saturated carbocycles. The van der Waals surface area contributed by atoms with Gasteiger partial charge in [-0.1, -0.05) is 39.3 Å². The van der Waals surface area contributed by atoms with Gasteiger partial charge in [0.1, 0.15) is 6.10 Å². The number of carbonyl (C=O) groups excluding carboxylic acids is 1. The summed E-state index contributed by atoms with van der Waals surface area (Å²) in [4.78, 5) is 17.1. The molecule has 3 heterocycles. The van der Waals surface area contributed by atoms with Gasteiger partial charge in [-0.15, -0.1) is 0 Å². The van der Waals surface area contributed by atoms with Gasteiger partial charge in [0.15, 0.2) is 5.79 Å². The van der Waals surface area contributed by atoms with Gasteiger partial charge in [-0.05, 0) is 92.4 Å². The lowest BCUT2D eigenvalue weighted by Crippen LogP contribution is -2.53. The van der Waals surface area contributed by atoms with Crippen molar-refractivity contribution in [1.29, 1.82) is 0 Å². The van der Waals surface area contributed by atoms with Gasteiger partial charge in [-0.3, -0.25) is 0 Å². The first-order chi connectivity index (χ1) is 18.6. The van der Waals surface area contributed by atoms with E-state index >= 15 is 0 Å². The van der Waals surface area contributed by atoms with Crippen LogP contribution in [0.4, 0.5) is 4.79 Å². The summed E-state index contributed by atoms with van der Waals surface area (Å²) in [5.74, 6) is 3.69. The van der Waals surface area contributed by atoms with Crippen molar-refractivity contribution < 1.29 is 19.0 Å². The quantitative estimate of drug-likeness (QED) is 0.376. The number of allylic oxidation sites excluding steroid dienone is 1. The number of rotatable bonds is 1. The highest BCUT2D eigenvalue weighted by Crippen LogP contribution is 2.70. The molecule has 0 aromatic rings. The van der Waals surface area contributed by atoms with Crippen molar-refractivity contribution in [3.8, 4) is 0 Å². The molecule has 6 heteroatoms. The highest BCUT2D eigenvalue weighted by Gasteiger charge is 2.68. The zero-order valence-electron chi connectivity index (χ0n) is 25.1. The lowest BCUT2D eigenvalue weighted by Gasteiger charge is -2.58. The first-order valence-electron chi connectivity index (χ1n) is 16.3. The number of hydrogen-bond donors (Lipinski definition) is 0. The Labute approximate surface area is 236 Å². The van der Waals surface area contributed by atoms with Crippen LogP contribution >= 0.6 is 0 Å². The van der Waals surface area contributed by atoms with Crippen molar-refractivity contribution in [3.05, 3.63) is 11.6 Å². The minimum absolute atomic E-state index is 0.0383. The van der Waals surface area contributed by atoms with Crippen molar-refractivity contribution in [2.75, 3.05) is 39.8 Å². The van der Waals surface area contributed by atoms with Crippen LogP contribution in [0.5, 0.6) is 0 Å². The maximum atomic E-state index is 12.9. The van der Waals surface area contributed by atoms with Crippen molar-refractivity contribution in [1.82, 2.24) is 9.80 Å². The van der Waals surface area contributed by atoms with Gasteiger partial charge in [0.2, 0.25) is 0 Å². The molecule has 4 aliphatic carbocycles. The number of hydrogen-bond acceptors (Lipinski definition) is 5. The highest BCUT2D eigenvalue weighted by atomic mass is 16.7. The summed E-state index contributed by atoms with van der Waals surface area (Å²) in [6, 6.07) is 0. The summed E-state index contributed by atoms with van der Waals surface area (Å²) < 4.78 is 19.6. The van der Waals surface area contributed by atoms with E-state index in [0.717, 1.165) is 76.2 Å². The first-order valence-corrected chi connectivity index (χ1v) is 16.3. The molecule has 7 aliphatic rings. The second-order valence-electron chi connectivity index (χ2n) is 15.3. The fraction of sp³-hybridized carbons (Fsp3) is 0.909. The fourth-order valence-corrected chi connectivity index (χ4v) is 11.0. The van der Waals surface area contributed by atoms with E-state index in [1.54, 1.807) is 5.57 Å². The van der Waals surface area contributed by atoms with E-state index in [1.807, 2.05) is 4.90 Å².